The van der Waals surface area contributed by atoms with Crippen LogP contribution in [0.3, 0.4) is 0 Å². The van der Waals surface area contributed by atoms with Crippen molar-refractivity contribution in [3.8, 4) is 23.2 Å². The summed E-state index contributed by atoms with van der Waals surface area (Å²) in [4.78, 5) is 20.5. The lowest BCUT2D eigenvalue weighted by atomic mass is 10.3. The fraction of sp³-hybridized carbons (Fsp3) is 0.188. The fourth-order valence-corrected chi connectivity index (χ4v) is 2.50. The number of nitrogens with zero attached hydrogens (tertiary/aromatic N) is 6. The van der Waals surface area contributed by atoms with Crippen molar-refractivity contribution in [1.82, 2.24) is 29.5 Å². The predicted molar refractivity (Wildman–Crippen MR) is 86.2 cm³/mol. The molecule has 0 unspecified atom stereocenters. The molecule has 0 spiro atoms. The molecule has 4 rings (SSSR count). The number of rotatable bonds is 3. The van der Waals surface area contributed by atoms with Gasteiger partial charge in [0.25, 0.3) is 0 Å². The van der Waals surface area contributed by atoms with Gasteiger partial charge in [-0.3, -0.25) is 4.57 Å². The van der Waals surface area contributed by atoms with Crippen LogP contribution in [0.4, 0.5) is 13.2 Å². The normalized spacial score (nSPS) is 11.9. The summed E-state index contributed by atoms with van der Waals surface area (Å²) in [6.45, 7) is 1.64. The average molecular weight is 376 g/mol. The molecule has 0 N–H and O–H groups in total. The summed E-state index contributed by atoms with van der Waals surface area (Å²) < 4.78 is 50.9. The molecule has 0 aliphatic carbocycles. The maximum atomic E-state index is 13.1. The van der Waals surface area contributed by atoms with Gasteiger partial charge in [0.2, 0.25) is 5.88 Å². The monoisotopic (exact) mass is 376 g/mol. The average Bonchev–Trinajstić information content (AvgIpc) is 3.23. The molecule has 8 nitrogen and oxygen atoms in total. The quantitative estimate of drug-likeness (QED) is 0.542. The van der Waals surface area contributed by atoms with Crippen LogP contribution in [0.15, 0.2) is 35.2 Å². The third-order valence-electron chi connectivity index (χ3n) is 3.70. The lowest BCUT2D eigenvalue weighted by Gasteiger charge is -2.08. The molecule has 0 atom stereocenters. The maximum Gasteiger partial charge on any atom is 0.433 e. The van der Waals surface area contributed by atoms with Crippen molar-refractivity contribution in [1.29, 1.82) is 0 Å². The highest BCUT2D eigenvalue weighted by molar-refractivity contribution is 5.78. The maximum absolute atomic E-state index is 13.1. The number of alkyl halides is 3. The van der Waals surface area contributed by atoms with Gasteiger partial charge < -0.3 is 9.15 Å². The number of halogens is 3. The summed E-state index contributed by atoms with van der Waals surface area (Å²) in [5.74, 6) is 1.08. The summed E-state index contributed by atoms with van der Waals surface area (Å²) >= 11 is 0. The Hall–Kier alpha value is -3.50. The first-order valence-electron chi connectivity index (χ1n) is 7.62. The van der Waals surface area contributed by atoms with Crippen molar-refractivity contribution in [3.05, 3.63) is 42.4 Å². The Morgan fingerprint density at radius 2 is 1.89 bits per heavy atom. The van der Waals surface area contributed by atoms with Gasteiger partial charge in [-0.05, 0) is 12.1 Å². The van der Waals surface area contributed by atoms with Crippen LogP contribution in [-0.4, -0.2) is 36.6 Å². The number of ether oxygens (including phenoxy) is 1. The minimum absolute atomic E-state index is 0.0278. The molecule has 0 aliphatic rings. The lowest BCUT2D eigenvalue weighted by Crippen LogP contribution is -2.09. The van der Waals surface area contributed by atoms with Crippen molar-refractivity contribution in [2.45, 2.75) is 13.1 Å². The number of hydrogen-bond acceptors (Lipinski definition) is 7. The number of methoxy groups -OCH3 is 1. The topological polar surface area (TPSA) is 91.8 Å². The van der Waals surface area contributed by atoms with E-state index in [0.717, 1.165) is 6.07 Å². The number of imidazole rings is 1. The van der Waals surface area contributed by atoms with E-state index in [1.165, 1.54) is 36.4 Å². The summed E-state index contributed by atoms with van der Waals surface area (Å²) in [7, 11) is 1.43. The van der Waals surface area contributed by atoms with E-state index in [0.29, 0.717) is 11.6 Å². The largest absolute Gasteiger partial charge is 0.480 e. The van der Waals surface area contributed by atoms with Crippen LogP contribution in [0.5, 0.6) is 5.88 Å². The number of hydrogen-bond donors (Lipinski definition) is 0. The third kappa shape index (κ3) is 2.96. The number of oxazole rings is 1. The molecule has 0 saturated carbocycles. The van der Waals surface area contributed by atoms with Gasteiger partial charge in [-0.15, -0.1) is 0 Å². The number of aryl methyl sites for hydroxylation is 1. The van der Waals surface area contributed by atoms with E-state index in [4.69, 9.17) is 9.15 Å². The Morgan fingerprint density at radius 3 is 2.48 bits per heavy atom. The third-order valence-corrected chi connectivity index (χ3v) is 3.70. The van der Waals surface area contributed by atoms with Crippen LogP contribution in [-0.2, 0) is 6.18 Å². The Labute approximate surface area is 149 Å². The molecule has 0 aliphatic heterocycles. The van der Waals surface area contributed by atoms with Gasteiger partial charge in [0.1, 0.15) is 23.2 Å². The molecule has 11 heteroatoms. The van der Waals surface area contributed by atoms with Crippen molar-refractivity contribution in [2.75, 3.05) is 7.11 Å². The minimum atomic E-state index is -4.60. The van der Waals surface area contributed by atoms with E-state index < -0.39 is 11.9 Å². The van der Waals surface area contributed by atoms with E-state index in [-0.39, 0.29) is 28.7 Å². The second kappa shape index (κ2) is 6.04. The van der Waals surface area contributed by atoms with Crippen molar-refractivity contribution >= 4 is 11.2 Å². The Balaban J connectivity index is 2.00. The van der Waals surface area contributed by atoms with Crippen LogP contribution in [0.25, 0.3) is 28.5 Å². The molecule has 0 fully saturated rings. The van der Waals surface area contributed by atoms with Crippen LogP contribution in [0.1, 0.15) is 11.6 Å². The highest BCUT2D eigenvalue weighted by atomic mass is 19.4. The van der Waals surface area contributed by atoms with E-state index in [1.807, 2.05) is 0 Å². The predicted octanol–water partition coefficient (Wildman–Crippen LogP) is 3.20. The molecule has 27 heavy (non-hydrogen) atoms. The minimum Gasteiger partial charge on any atom is -0.480 e. The van der Waals surface area contributed by atoms with Crippen molar-refractivity contribution < 1.29 is 22.3 Å². The van der Waals surface area contributed by atoms with Gasteiger partial charge in [0, 0.05) is 6.92 Å². The molecule has 0 aromatic carbocycles. The smallest absolute Gasteiger partial charge is 0.433 e. The Morgan fingerprint density at radius 1 is 1.07 bits per heavy atom. The molecule has 4 heterocycles. The first-order valence-corrected chi connectivity index (χ1v) is 7.62. The molecule has 138 valence electrons. The molecular formula is C16H11F3N6O2. The van der Waals surface area contributed by atoms with Gasteiger partial charge in [-0.25, -0.2) is 24.9 Å². The summed E-state index contributed by atoms with van der Waals surface area (Å²) in [6, 6.07) is 2.12. The van der Waals surface area contributed by atoms with E-state index in [9.17, 15) is 13.2 Å². The van der Waals surface area contributed by atoms with Crippen molar-refractivity contribution in [3.63, 3.8) is 0 Å². The molecule has 0 amide bonds. The standard InChI is InChI=1S/C16H11F3N6O2/c1-8-22-10(7-27-8)15-23-9-3-4-11(16(17,18)19)24-14(9)25(15)12-5-21-13(26-2)6-20-12/h3-7H,1-2H3. The van der Waals surface area contributed by atoms with Gasteiger partial charge in [0.15, 0.2) is 23.2 Å². The molecule has 4 aromatic rings. The molecular weight excluding hydrogens is 365 g/mol. The number of aromatic nitrogens is 6. The van der Waals surface area contributed by atoms with Gasteiger partial charge >= 0.3 is 6.18 Å². The summed E-state index contributed by atoms with van der Waals surface area (Å²) in [6.07, 6.45) is -0.556. The van der Waals surface area contributed by atoms with Gasteiger partial charge in [0.05, 0.1) is 19.5 Å². The van der Waals surface area contributed by atoms with Crippen LogP contribution in [0.2, 0.25) is 0 Å². The Bertz CT molecular complexity index is 1120. The SMILES string of the molecule is COc1cnc(-n2c(-c3coc(C)n3)nc3ccc(C(F)(F)F)nc32)cn1. The summed E-state index contributed by atoms with van der Waals surface area (Å²) in [5, 5.41) is 0. The van der Waals surface area contributed by atoms with E-state index in [1.54, 1.807) is 6.92 Å². The first-order chi connectivity index (χ1) is 12.9. The number of pyridine rings is 1. The molecule has 0 saturated heterocycles. The first kappa shape index (κ1) is 16.9. The lowest BCUT2D eigenvalue weighted by molar-refractivity contribution is -0.141. The van der Waals surface area contributed by atoms with Crippen molar-refractivity contribution in [2.24, 2.45) is 0 Å². The highest BCUT2D eigenvalue weighted by Crippen LogP contribution is 2.31. The zero-order chi connectivity index (χ0) is 19.2. The molecule has 0 radical (unpaired) electrons. The summed E-state index contributed by atoms with van der Waals surface area (Å²) in [5.41, 5.74) is -0.492. The van der Waals surface area contributed by atoms with Gasteiger partial charge in [-0.2, -0.15) is 13.2 Å². The number of fused-ring (bicyclic) bond motifs is 1. The Kier molecular flexibility index (Phi) is 3.79. The van der Waals surface area contributed by atoms with E-state index in [2.05, 4.69) is 24.9 Å². The van der Waals surface area contributed by atoms with Crippen LogP contribution < -0.4 is 4.74 Å². The molecule has 4 aromatic heterocycles. The van der Waals surface area contributed by atoms with E-state index >= 15 is 0 Å². The zero-order valence-electron chi connectivity index (χ0n) is 14.0. The highest BCUT2D eigenvalue weighted by Gasteiger charge is 2.33. The van der Waals surface area contributed by atoms with Gasteiger partial charge in [-0.1, -0.05) is 0 Å². The van der Waals surface area contributed by atoms with Crippen LogP contribution in [0, 0.1) is 6.92 Å². The second-order valence-corrected chi connectivity index (χ2v) is 5.48. The second-order valence-electron chi connectivity index (χ2n) is 5.48. The molecule has 0 bridgehead atoms. The van der Waals surface area contributed by atoms with Crippen LogP contribution >= 0.6 is 0 Å². The zero-order valence-corrected chi connectivity index (χ0v) is 14.0. The fourth-order valence-electron chi connectivity index (χ4n) is 2.50.